The summed E-state index contributed by atoms with van der Waals surface area (Å²) in [6.07, 6.45) is 0. The van der Waals surface area contributed by atoms with E-state index in [-0.39, 0.29) is 11.3 Å². The van der Waals surface area contributed by atoms with Crippen LogP contribution in [0.15, 0.2) is 30.3 Å². The summed E-state index contributed by atoms with van der Waals surface area (Å²) in [4.78, 5) is 12.2. The second-order valence-corrected chi connectivity index (χ2v) is 5.70. The zero-order chi connectivity index (χ0) is 12.4. The van der Waals surface area contributed by atoms with E-state index in [0.717, 1.165) is 5.69 Å². The van der Waals surface area contributed by atoms with E-state index in [1.807, 2.05) is 44.2 Å². The summed E-state index contributed by atoms with van der Waals surface area (Å²) in [5.41, 5.74) is 0.388. The third-order valence-electron chi connectivity index (χ3n) is 3.47. The topological polar surface area (TPSA) is 29.1 Å². The first kappa shape index (κ1) is 12.8. The fourth-order valence-electron chi connectivity index (χ4n) is 1.15. The number of nitrogens with one attached hydrogen (secondary N) is 1. The van der Waals surface area contributed by atoms with Crippen LogP contribution in [0.2, 0.25) is 0 Å². The average Bonchev–Trinajstić information content (AvgIpc) is 2.17. The maximum Gasteiger partial charge on any atom is 0.230 e. The van der Waals surface area contributed by atoms with Gasteiger partial charge in [-0.1, -0.05) is 52.8 Å². The van der Waals surface area contributed by atoms with Crippen molar-refractivity contribution in [1.29, 1.82) is 0 Å². The first-order valence-corrected chi connectivity index (χ1v) is 5.61. The molecule has 0 aliphatic carbocycles. The van der Waals surface area contributed by atoms with E-state index in [1.165, 1.54) is 0 Å². The van der Waals surface area contributed by atoms with Gasteiger partial charge in [-0.05, 0) is 17.5 Å². The molecule has 2 nitrogen and oxygen atoms in total. The average molecular weight is 219 g/mol. The monoisotopic (exact) mass is 219 g/mol. The number of para-hydroxylation sites is 1. The summed E-state index contributed by atoms with van der Waals surface area (Å²) in [7, 11) is 0. The Morgan fingerprint density at radius 1 is 1.00 bits per heavy atom. The molecule has 0 aliphatic rings. The van der Waals surface area contributed by atoms with E-state index in [4.69, 9.17) is 0 Å². The van der Waals surface area contributed by atoms with Crippen molar-refractivity contribution < 1.29 is 4.79 Å². The van der Waals surface area contributed by atoms with Crippen molar-refractivity contribution in [3.8, 4) is 0 Å². The molecule has 16 heavy (non-hydrogen) atoms. The van der Waals surface area contributed by atoms with Crippen LogP contribution in [0.1, 0.15) is 34.6 Å². The van der Waals surface area contributed by atoms with Crippen LogP contribution in [0.5, 0.6) is 0 Å². The molecular weight excluding hydrogens is 198 g/mol. The van der Waals surface area contributed by atoms with Crippen LogP contribution >= 0.6 is 0 Å². The summed E-state index contributed by atoms with van der Waals surface area (Å²) in [5, 5.41) is 2.95. The van der Waals surface area contributed by atoms with E-state index in [0.29, 0.717) is 0 Å². The van der Waals surface area contributed by atoms with E-state index < -0.39 is 5.41 Å². The first-order valence-electron chi connectivity index (χ1n) is 5.61. The maximum atomic E-state index is 12.2. The van der Waals surface area contributed by atoms with Crippen molar-refractivity contribution in [2.45, 2.75) is 34.6 Å². The summed E-state index contributed by atoms with van der Waals surface area (Å²) < 4.78 is 0. The van der Waals surface area contributed by atoms with Crippen LogP contribution in [-0.2, 0) is 4.79 Å². The van der Waals surface area contributed by atoms with Gasteiger partial charge in [0.05, 0.1) is 0 Å². The fourth-order valence-corrected chi connectivity index (χ4v) is 1.15. The Bertz CT molecular complexity index is 360. The lowest BCUT2D eigenvalue weighted by molar-refractivity contribution is -0.129. The van der Waals surface area contributed by atoms with Gasteiger partial charge >= 0.3 is 0 Å². The zero-order valence-corrected chi connectivity index (χ0v) is 10.8. The van der Waals surface area contributed by atoms with Gasteiger partial charge in [-0.25, -0.2) is 0 Å². The van der Waals surface area contributed by atoms with Gasteiger partial charge in [-0.2, -0.15) is 0 Å². The molecule has 1 aromatic carbocycles. The lowest BCUT2D eigenvalue weighted by Gasteiger charge is -2.37. The lowest BCUT2D eigenvalue weighted by Crippen LogP contribution is -2.41. The maximum absolute atomic E-state index is 12.2. The smallest absolute Gasteiger partial charge is 0.230 e. The highest BCUT2D eigenvalue weighted by molar-refractivity contribution is 5.95. The Morgan fingerprint density at radius 2 is 1.50 bits per heavy atom. The summed E-state index contributed by atoms with van der Waals surface area (Å²) >= 11 is 0. The molecule has 0 aromatic heterocycles. The third-order valence-corrected chi connectivity index (χ3v) is 3.47. The van der Waals surface area contributed by atoms with E-state index in [9.17, 15) is 4.79 Å². The molecule has 0 unspecified atom stereocenters. The molecule has 0 aliphatic heterocycles. The van der Waals surface area contributed by atoms with Gasteiger partial charge in [0.25, 0.3) is 0 Å². The number of amides is 1. The minimum absolute atomic E-state index is 0.0613. The standard InChI is InChI=1S/C14H21NO/c1-13(2,3)14(4,5)12(16)15-11-9-7-6-8-10-11/h6-10H,1-5H3,(H,15,16). The molecule has 2 heteroatoms. The second-order valence-electron chi connectivity index (χ2n) is 5.70. The lowest BCUT2D eigenvalue weighted by atomic mass is 9.68. The Labute approximate surface area is 98.1 Å². The minimum Gasteiger partial charge on any atom is -0.326 e. The number of rotatable bonds is 2. The van der Waals surface area contributed by atoms with Gasteiger partial charge in [0.2, 0.25) is 5.91 Å². The molecule has 0 saturated carbocycles. The third kappa shape index (κ3) is 2.63. The molecule has 88 valence electrons. The predicted molar refractivity (Wildman–Crippen MR) is 68.3 cm³/mol. The van der Waals surface area contributed by atoms with E-state index in [1.54, 1.807) is 0 Å². The molecule has 0 bridgehead atoms. The molecule has 0 fully saturated rings. The number of hydrogen-bond donors (Lipinski definition) is 1. The predicted octanol–water partition coefficient (Wildman–Crippen LogP) is 3.70. The van der Waals surface area contributed by atoms with Crippen molar-refractivity contribution in [2.75, 3.05) is 5.32 Å². The molecule has 0 saturated heterocycles. The summed E-state index contributed by atoms with van der Waals surface area (Å²) in [5.74, 6) is 0.0613. The quantitative estimate of drug-likeness (QED) is 0.807. The SMILES string of the molecule is CC(C)(C)C(C)(C)C(=O)Nc1ccccc1. The summed E-state index contributed by atoms with van der Waals surface area (Å²) in [6, 6.07) is 9.57. The normalized spacial score (nSPS) is 12.3. The van der Waals surface area contributed by atoms with Crippen LogP contribution < -0.4 is 5.32 Å². The van der Waals surface area contributed by atoms with Crippen molar-refractivity contribution in [2.24, 2.45) is 10.8 Å². The van der Waals surface area contributed by atoms with Crippen LogP contribution in [0, 0.1) is 10.8 Å². The van der Waals surface area contributed by atoms with Crippen LogP contribution in [0.25, 0.3) is 0 Å². The number of hydrogen-bond acceptors (Lipinski definition) is 1. The van der Waals surface area contributed by atoms with Crippen molar-refractivity contribution in [3.05, 3.63) is 30.3 Å². The molecule has 0 atom stereocenters. The summed E-state index contributed by atoms with van der Waals surface area (Å²) in [6.45, 7) is 10.2. The van der Waals surface area contributed by atoms with Gasteiger partial charge in [0.1, 0.15) is 0 Å². The van der Waals surface area contributed by atoms with E-state index >= 15 is 0 Å². The van der Waals surface area contributed by atoms with Gasteiger partial charge in [0.15, 0.2) is 0 Å². The number of benzene rings is 1. The van der Waals surface area contributed by atoms with Gasteiger partial charge in [-0.3, -0.25) is 4.79 Å². The molecule has 1 amide bonds. The molecular formula is C14H21NO. The highest BCUT2D eigenvalue weighted by Gasteiger charge is 2.39. The molecule has 0 heterocycles. The molecule has 1 rings (SSSR count). The number of anilines is 1. The van der Waals surface area contributed by atoms with E-state index in [2.05, 4.69) is 26.1 Å². The van der Waals surface area contributed by atoms with Crippen LogP contribution in [0.4, 0.5) is 5.69 Å². The molecule has 1 aromatic rings. The number of carbonyl (C=O) groups excluding carboxylic acids is 1. The van der Waals surface area contributed by atoms with Crippen LogP contribution in [-0.4, -0.2) is 5.91 Å². The molecule has 0 radical (unpaired) electrons. The Balaban J connectivity index is 2.81. The van der Waals surface area contributed by atoms with Crippen molar-refractivity contribution in [1.82, 2.24) is 0 Å². The highest BCUT2D eigenvalue weighted by Crippen LogP contribution is 2.38. The van der Waals surface area contributed by atoms with Crippen molar-refractivity contribution >= 4 is 11.6 Å². The molecule has 0 spiro atoms. The minimum atomic E-state index is -0.400. The van der Waals surface area contributed by atoms with Crippen LogP contribution in [0.3, 0.4) is 0 Å². The van der Waals surface area contributed by atoms with Gasteiger partial charge in [-0.15, -0.1) is 0 Å². The first-order chi connectivity index (χ1) is 7.25. The Morgan fingerprint density at radius 3 is 1.94 bits per heavy atom. The van der Waals surface area contributed by atoms with Gasteiger partial charge in [0, 0.05) is 11.1 Å². The Kier molecular flexibility index (Phi) is 3.41. The highest BCUT2D eigenvalue weighted by atomic mass is 16.2. The fraction of sp³-hybridized carbons (Fsp3) is 0.500. The largest absolute Gasteiger partial charge is 0.326 e. The Hall–Kier alpha value is -1.31. The van der Waals surface area contributed by atoms with Crippen molar-refractivity contribution in [3.63, 3.8) is 0 Å². The second kappa shape index (κ2) is 4.28. The molecule has 1 N–H and O–H groups in total. The van der Waals surface area contributed by atoms with Gasteiger partial charge < -0.3 is 5.32 Å². The zero-order valence-electron chi connectivity index (χ0n) is 10.8. The number of carbonyl (C=O) groups is 1.